The summed E-state index contributed by atoms with van der Waals surface area (Å²) in [5, 5.41) is 17.9. The molecule has 2 aliphatic heterocycles. The smallest absolute Gasteiger partial charge is 0.307 e. The fourth-order valence-electron chi connectivity index (χ4n) is 5.37. The van der Waals surface area contributed by atoms with Crippen LogP contribution in [-0.4, -0.2) is 49.2 Å². The zero-order valence-electron chi connectivity index (χ0n) is 17.7. The number of carboxylic acids is 1. The number of nitrogens with zero attached hydrogens (tertiary/aromatic N) is 4. The average Bonchev–Trinajstić information content (AvgIpc) is 3.34. The molecule has 0 spiro atoms. The minimum atomic E-state index is -1.20. The summed E-state index contributed by atoms with van der Waals surface area (Å²) in [5.74, 6) is -1.19. The van der Waals surface area contributed by atoms with Crippen molar-refractivity contribution in [3.63, 3.8) is 0 Å². The molecule has 1 fully saturated rings. The Morgan fingerprint density at radius 1 is 1.28 bits per heavy atom. The monoisotopic (exact) mass is 438 g/mol. The SMILES string of the molecule is CC1C(n2nncc2Cc2ccc(F)cc2)CCC2=C(CC(=O)O)C3=CC=CC(F)C3N21. The first kappa shape index (κ1) is 20.6. The molecule has 1 saturated heterocycles. The third-order valence-electron chi connectivity index (χ3n) is 6.76. The molecule has 5 rings (SSSR count). The maximum atomic E-state index is 15.1. The third kappa shape index (κ3) is 3.43. The first-order valence-electron chi connectivity index (χ1n) is 10.8. The zero-order valence-corrected chi connectivity index (χ0v) is 17.7. The van der Waals surface area contributed by atoms with Crippen LogP contribution >= 0.6 is 0 Å². The fourth-order valence-corrected chi connectivity index (χ4v) is 5.37. The molecule has 4 atom stereocenters. The van der Waals surface area contributed by atoms with E-state index in [-0.39, 0.29) is 24.3 Å². The molecule has 0 saturated carbocycles. The summed E-state index contributed by atoms with van der Waals surface area (Å²) < 4.78 is 30.2. The van der Waals surface area contributed by atoms with Gasteiger partial charge < -0.3 is 10.0 Å². The standard InChI is InChI=1S/C24H24F2N4O2/c1-14-21(30-17(13-27-28-30)11-15-5-7-16(25)8-6-15)9-10-22-19(12-23(31)32)18-3-2-4-20(26)24(18)29(14)22/h2-8,13-14,20-21,24H,9-12H2,1H3,(H,31,32). The second kappa shape index (κ2) is 8.00. The highest BCUT2D eigenvalue weighted by Crippen LogP contribution is 2.48. The fraction of sp³-hybridized carbons (Fsp3) is 0.375. The highest BCUT2D eigenvalue weighted by atomic mass is 19.1. The van der Waals surface area contributed by atoms with Gasteiger partial charge in [-0.1, -0.05) is 29.5 Å². The van der Waals surface area contributed by atoms with Crippen molar-refractivity contribution in [1.82, 2.24) is 19.9 Å². The van der Waals surface area contributed by atoms with E-state index >= 15 is 4.39 Å². The number of rotatable bonds is 5. The van der Waals surface area contributed by atoms with Crippen molar-refractivity contribution in [3.05, 3.63) is 82.6 Å². The lowest BCUT2D eigenvalue weighted by atomic mass is 9.92. The van der Waals surface area contributed by atoms with Crippen LogP contribution in [0.15, 0.2) is 65.5 Å². The number of hydrogen-bond donors (Lipinski definition) is 1. The van der Waals surface area contributed by atoms with Crippen molar-refractivity contribution < 1.29 is 18.7 Å². The Morgan fingerprint density at radius 3 is 2.81 bits per heavy atom. The molecule has 166 valence electrons. The van der Waals surface area contributed by atoms with Gasteiger partial charge in [-0.25, -0.2) is 13.5 Å². The van der Waals surface area contributed by atoms with Gasteiger partial charge in [0.05, 0.1) is 30.4 Å². The molecule has 1 aliphatic carbocycles. The van der Waals surface area contributed by atoms with Crippen LogP contribution in [0.2, 0.25) is 0 Å². The van der Waals surface area contributed by atoms with E-state index in [2.05, 4.69) is 15.2 Å². The van der Waals surface area contributed by atoms with Crippen LogP contribution in [0.3, 0.4) is 0 Å². The molecule has 6 nitrogen and oxygen atoms in total. The number of piperidine rings is 1. The van der Waals surface area contributed by atoms with E-state index in [4.69, 9.17) is 0 Å². The van der Waals surface area contributed by atoms with Crippen LogP contribution in [0.25, 0.3) is 0 Å². The van der Waals surface area contributed by atoms with Crippen molar-refractivity contribution in [2.45, 2.75) is 56.9 Å². The molecule has 1 aromatic carbocycles. The van der Waals surface area contributed by atoms with Crippen LogP contribution in [0.4, 0.5) is 8.78 Å². The average molecular weight is 438 g/mol. The summed E-state index contributed by atoms with van der Waals surface area (Å²) in [4.78, 5) is 13.6. The van der Waals surface area contributed by atoms with E-state index in [0.29, 0.717) is 12.8 Å². The van der Waals surface area contributed by atoms with Gasteiger partial charge in [-0.3, -0.25) is 4.79 Å². The Bertz CT molecular complexity index is 1140. The van der Waals surface area contributed by atoms with Gasteiger partial charge in [0, 0.05) is 18.2 Å². The zero-order chi connectivity index (χ0) is 22.4. The van der Waals surface area contributed by atoms with Crippen LogP contribution in [-0.2, 0) is 11.2 Å². The Hall–Kier alpha value is -3.29. The van der Waals surface area contributed by atoms with Gasteiger partial charge >= 0.3 is 5.97 Å². The number of benzene rings is 1. The Kier molecular flexibility index (Phi) is 5.15. The number of allylic oxidation sites excluding steroid dienone is 3. The molecule has 32 heavy (non-hydrogen) atoms. The van der Waals surface area contributed by atoms with Gasteiger partial charge in [0.2, 0.25) is 0 Å². The first-order valence-corrected chi connectivity index (χ1v) is 10.8. The van der Waals surface area contributed by atoms with Crippen molar-refractivity contribution >= 4 is 5.97 Å². The predicted molar refractivity (Wildman–Crippen MR) is 114 cm³/mol. The molecule has 0 radical (unpaired) electrons. The van der Waals surface area contributed by atoms with Gasteiger partial charge in [0.25, 0.3) is 0 Å². The number of aromatic nitrogens is 3. The molecule has 4 unspecified atom stereocenters. The lowest BCUT2D eigenvalue weighted by molar-refractivity contribution is -0.136. The molecule has 0 bridgehead atoms. The van der Waals surface area contributed by atoms with Crippen LogP contribution < -0.4 is 0 Å². The molecule has 1 aromatic heterocycles. The van der Waals surface area contributed by atoms with Gasteiger partial charge in [-0.05, 0) is 54.7 Å². The minimum absolute atomic E-state index is 0.0415. The van der Waals surface area contributed by atoms with E-state index in [0.717, 1.165) is 34.5 Å². The number of carboxylic acid groups (broad SMARTS) is 1. The highest BCUT2D eigenvalue weighted by Gasteiger charge is 2.47. The molecular weight excluding hydrogens is 414 g/mol. The summed E-state index contributed by atoms with van der Waals surface area (Å²) in [7, 11) is 0. The van der Waals surface area contributed by atoms with Crippen LogP contribution in [0.1, 0.15) is 43.5 Å². The Morgan fingerprint density at radius 2 is 2.06 bits per heavy atom. The quantitative estimate of drug-likeness (QED) is 0.765. The molecule has 1 N–H and O–H groups in total. The Balaban J connectivity index is 1.47. The molecular formula is C24H24F2N4O2. The topological polar surface area (TPSA) is 71.2 Å². The van der Waals surface area contributed by atoms with E-state index in [1.54, 1.807) is 24.4 Å². The molecule has 2 aromatic rings. The number of aliphatic carboxylic acids is 1. The molecule has 3 heterocycles. The number of fused-ring (bicyclic) bond motifs is 3. The summed E-state index contributed by atoms with van der Waals surface area (Å²) in [6.45, 7) is 2.04. The van der Waals surface area contributed by atoms with Crippen LogP contribution in [0.5, 0.6) is 0 Å². The molecule has 3 aliphatic rings. The summed E-state index contributed by atoms with van der Waals surface area (Å²) in [5.41, 5.74) is 4.30. The van der Waals surface area contributed by atoms with E-state index < -0.39 is 18.2 Å². The van der Waals surface area contributed by atoms with E-state index in [1.165, 1.54) is 18.2 Å². The second-order valence-electron chi connectivity index (χ2n) is 8.62. The second-order valence-corrected chi connectivity index (χ2v) is 8.62. The van der Waals surface area contributed by atoms with Crippen LogP contribution in [0, 0.1) is 5.82 Å². The highest BCUT2D eigenvalue weighted by molar-refractivity contribution is 5.73. The third-order valence-corrected chi connectivity index (χ3v) is 6.76. The van der Waals surface area contributed by atoms with E-state index in [1.807, 2.05) is 17.7 Å². The number of hydrogen-bond acceptors (Lipinski definition) is 4. The van der Waals surface area contributed by atoms with Gasteiger partial charge in [0.1, 0.15) is 12.0 Å². The normalized spacial score (nSPS) is 26.7. The number of carbonyl (C=O) groups is 1. The summed E-state index contributed by atoms with van der Waals surface area (Å²) >= 11 is 0. The van der Waals surface area contributed by atoms with Crippen molar-refractivity contribution in [2.75, 3.05) is 0 Å². The van der Waals surface area contributed by atoms with Crippen molar-refractivity contribution in [3.8, 4) is 0 Å². The van der Waals surface area contributed by atoms with Crippen molar-refractivity contribution in [2.24, 2.45) is 0 Å². The van der Waals surface area contributed by atoms with Gasteiger partial charge in [-0.15, -0.1) is 5.10 Å². The summed E-state index contributed by atoms with van der Waals surface area (Å²) in [6.07, 6.45) is 7.42. The largest absolute Gasteiger partial charge is 0.481 e. The van der Waals surface area contributed by atoms with Crippen molar-refractivity contribution in [1.29, 1.82) is 0 Å². The van der Waals surface area contributed by atoms with E-state index in [9.17, 15) is 14.3 Å². The molecule has 0 amide bonds. The molecule has 8 heteroatoms. The number of halogens is 2. The predicted octanol–water partition coefficient (Wildman–Crippen LogP) is 3.98. The first-order chi connectivity index (χ1) is 15.4. The number of alkyl halides is 1. The minimum Gasteiger partial charge on any atom is -0.481 e. The summed E-state index contributed by atoms with van der Waals surface area (Å²) in [6, 6.07) is 5.71. The van der Waals surface area contributed by atoms with Gasteiger partial charge in [0.15, 0.2) is 0 Å². The maximum Gasteiger partial charge on any atom is 0.307 e. The van der Waals surface area contributed by atoms with Gasteiger partial charge in [-0.2, -0.15) is 0 Å². The lowest BCUT2D eigenvalue weighted by Gasteiger charge is -2.44. The maximum absolute atomic E-state index is 15.1. The lowest BCUT2D eigenvalue weighted by Crippen LogP contribution is -2.49. The Labute approximate surface area is 184 Å².